The molecule has 32 heavy (non-hydrogen) atoms. The van der Waals surface area contributed by atoms with E-state index in [4.69, 9.17) is 0 Å². The summed E-state index contributed by atoms with van der Waals surface area (Å²) in [6, 6.07) is 12.9. The third-order valence-electron chi connectivity index (χ3n) is 6.17. The van der Waals surface area contributed by atoms with Crippen LogP contribution < -0.4 is 9.62 Å². The molecule has 0 spiro atoms. The van der Waals surface area contributed by atoms with Gasteiger partial charge >= 0.3 is 0 Å². The molecule has 1 N–H and O–H groups in total. The van der Waals surface area contributed by atoms with Crippen molar-refractivity contribution in [3.05, 3.63) is 64.7 Å². The number of likely N-dealkylation sites (tertiary alicyclic amines) is 1. The van der Waals surface area contributed by atoms with Crippen LogP contribution in [0.5, 0.6) is 0 Å². The topological polar surface area (TPSA) is 69.7 Å². The number of carbonyl (C=O) groups excluding carboxylic acids is 1. The van der Waals surface area contributed by atoms with E-state index in [0.717, 1.165) is 42.6 Å². The summed E-state index contributed by atoms with van der Waals surface area (Å²) in [6.07, 6.45) is 4.07. The largest absolute Gasteiger partial charge is 0.350 e. The zero-order chi connectivity index (χ0) is 23.3. The average molecular weight is 458 g/mol. The average Bonchev–Trinajstić information content (AvgIpc) is 3.25. The molecule has 174 valence electrons. The summed E-state index contributed by atoms with van der Waals surface area (Å²) in [4.78, 5) is 15.5. The molecule has 0 aromatic heterocycles. The molecule has 2 aromatic carbocycles. The minimum Gasteiger partial charge on any atom is -0.350 e. The minimum atomic E-state index is -3.64. The van der Waals surface area contributed by atoms with E-state index in [1.807, 2.05) is 45.0 Å². The number of carbonyl (C=O) groups is 1. The van der Waals surface area contributed by atoms with Gasteiger partial charge in [-0.3, -0.25) is 14.0 Å². The van der Waals surface area contributed by atoms with Gasteiger partial charge in [0.2, 0.25) is 15.9 Å². The number of benzene rings is 2. The highest BCUT2D eigenvalue weighted by Gasteiger charge is 2.31. The molecule has 1 atom stereocenters. The zero-order valence-corrected chi connectivity index (χ0v) is 20.4. The second-order valence-electron chi connectivity index (χ2n) is 8.77. The van der Waals surface area contributed by atoms with Crippen LogP contribution >= 0.6 is 0 Å². The fourth-order valence-corrected chi connectivity index (χ4v) is 5.39. The van der Waals surface area contributed by atoms with Crippen LogP contribution in [0.4, 0.5) is 5.69 Å². The highest BCUT2D eigenvalue weighted by molar-refractivity contribution is 7.92. The molecular weight excluding hydrogens is 422 g/mol. The molecule has 3 rings (SSSR count). The van der Waals surface area contributed by atoms with Crippen molar-refractivity contribution < 1.29 is 13.2 Å². The van der Waals surface area contributed by atoms with Crippen LogP contribution in [-0.4, -0.2) is 44.6 Å². The van der Waals surface area contributed by atoms with Crippen LogP contribution in [0.2, 0.25) is 0 Å². The lowest BCUT2D eigenvalue weighted by atomic mass is 10.1. The molecule has 1 aliphatic heterocycles. The first kappa shape index (κ1) is 24.3. The molecule has 0 radical (unpaired) electrons. The number of rotatable bonds is 9. The van der Waals surface area contributed by atoms with E-state index in [9.17, 15) is 13.2 Å². The van der Waals surface area contributed by atoms with Crippen LogP contribution in [0, 0.1) is 13.8 Å². The Bertz CT molecular complexity index is 1030. The number of anilines is 1. The minimum absolute atomic E-state index is 0.294. The fraction of sp³-hybridized carbons (Fsp3) is 0.480. The third kappa shape index (κ3) is 6.11. The van der Waals surface area contributed by atoms with Crippen LogP contribution in [0.15, 0.2) is 42.5 Å². The molecule has 6 nitrogen and oxygen atoms in total. The molecule has 2 aromatic rings. The van der Waals surface area contributed by atoms with Crippen LogP contribution in [0.25, 0.3) is 0 Å². The molecule has 1 amide bonds. The van der Waals surface area contributed by atoms with Gasteiger partial charge in [-0.25, -0.2) is 8.42 Å². The van der Waals surface area contributed by atoms with Crippen molar-refractivity contribution in [2.75, 3.05) is 23.7 Å². The second-order valence-corrected chi connectivity index (χ2v) is 10.6. The van der Waals surface area contributed by atoms with Gasteiger partial charge in [-0.1, -0.05) is 37.3 Å². The van der Waals surface area contributed by atoms with E-state index < -0.39 is 16.1 Å². The van der Waals surface area contributed by atoms with Crippen molar-refractivity contribution in [2.45, 2.75) is 59.2 Å². The molecule has 0 aliphatic carbocycles. The van der Waals surface area contributed by atoms with Gasteiger partial charge in [-0.2, -0.15) is 0 Å². The lowest BCUT2D eigenvalue weighted by Gasteiger charge is -2.30. The maximum Gasteiger partial charge on any atom is 0.244 e. The highest BCUT2D eigenvalue weighted by Crippen LogP contribution is 2.25. The van der Waals surface area contributed by atoms with Gasteiger partial charge < -0.3 is 5.32 Å². The second kappa shape index (κ2) is 10.5. The summed E-state index contributed by atoms with van der Waals surface area (Å²) in [5, 5.41) is 2.94. The van der Waals surface area contributed by atoms with E-state index in [-0.39, 0.29) is 5.91 Å². The predicted molar refractivity (Wildman–Crippen MR) is 130 cm³/mol. The van der Waals surface area contributed by atoms with Gasteiger partial charge in [-0.15, -0.1) is 0 Å². The highest BCUT2D eigenvalue weighted by atomic mass is 32.2. The number of hydrogen-bond donors (Lipinski definition) is 1. The first-order chi connectivity index (χ1) is 15.2. The van der Waals surface area contributed by atoms with E-state index >= 15 is 0 Å². The van der Waals surface area contributed by atoms with Crippen molar-refractivity contribution in [2.24, 2.45) is 0 Å². The normalized spacial score (nSPS) is 15.5. The van der Waals surface area contributed by atoms with Gasteiger partial charge in [0.1, 0.15) is 6.04 Å². The third-order valence-corrected chi connectivity index (χ3v) is 7.35. The van der Waals surface area contributed by atoms with Crippen molar-refractivity contribution >= 4 is 21.6 Å². The zero-order valence-electron chi connectivity index (χ0n) is 19.6. The SMILES string of the molecule is CC[C@@H](C(=O)NCc1ccc(CN2CCCC2)cc1)N(c1ccc(C)c(C)c1)S(C)(=O)=O. The number of nitrogens with zero attached hydrogens (tertiary/aromatic N) is 2. The quantitative estimate of drug-likeness (QED) is 0.623. The molecule has 1 heterocycles. The molecule has 1 fully saturated rings. The Balaban J connectivity index is 1.68. The lowest BCUT2D eigenvalue weighted by molar-refractivity contribution is -0.122. The Hall–Kier alpha value is -2.38. The first-order valence-corrected chi connectivity index (χ1v) is 13.2. The summed E-state index contributed by atoms with van der Waals surface area (Å²) in [7, 11) is -3.64. The van der Waals surface area contributed by atoms with E-state index in [1.54, 1.807) is 6.07 Å². The molecule has 1 aliphatic rings. The van der Waals surface area contributed by atoms with Gasteiger partial charge in [0.15, 0.2) is 0 Å². The Morgan fingerprint density at radius 1 is 1.03 bits per heavy atom. The number of aryl methyl sites for hydroxylation is 2. The van der Waals surface area contributed by atoms with Gasteiger partial charge in [-0.05, 0) is 80.6 Å². The number of nitrogens with one attached hydrogen (secondary N) is 1. The Kier molecular flexibility index (Phi) is 7.96. The summed E-state index contributed by atoms with van der Waals surface area (Å²) >= 11 is 0. The molecule has 7 heteroatoms. The summed E-state index contributed by atoms with van der Waals surface area (Å²) in [5.74, 6) is -0.294. The predicted octanol–water partition coefficient (Wildman–Crippen LogP) is 3.76. The molecule has 1 saturated heterocycles. The Morgan fingerprint density at radius 2 is 1.66 bits per heavy atom. The van der Waals surface area contributed by atoms with Gasteiger partial charge in [0.05, 0.1) is 11.9 Å². The molecular formula is C25H35N3O3S. The number of sulfonamides is 1. The van der Waals surface area contributed by atoms with E-state index in [2.05, 4.69) is 22.3 Å². The lowest BCUT2D eigenvalue weighted by Crippen LogP contribution is -2.49. The molecule has 0 bridgehead atoms. The fourth-order valence-electron chi connectivity index (χ4n) is 4.19. The van der Waals surface area contributed by atoms with Gasteiger partial charge in [0, 0.05) is 13.1 Å². The Morgan fingerprint density at radius 3 is 2.22 bits per heavy atom. The summed E-state index contributed by atoms with van der Waals surface area (Å²) in [5.41, 5.74) is 4.85. The standard InChI is InChI=1S/C25H35N3O3S/c1-5-24(28(32(4,30)31)23-13-8-19(2)20(3)16-23)25(29)26-17-21-9-11-22(12-10-21)18-27-14-6-7-15-27/h8-13,16,24H,5-7,14-15,17-18H2,1-4H3,(H,26,29)/t24-/m0/s1. The van der Waals surface area contributed by atoms with Crippen molar-refractivity contribution in [3.8, 4) is 0 Å². The maximum absolute atomic E-state index is 13.0. The van der Waals surface area contributed by atoms with E-state index in [1.165, 1.54) is 22.7 Å². The van der Waals surface area contributed by atoms with E-state index in [0.29, 0.717) is 18.7 Å². The summed E-state index contributed by atoms with van der Waals surface area (Å²) in [6.45, 7) is 9.39. The Labute approximate surface area is 192 Å². The summed E-state index contributed by atoms with van der Waals surface area (Å²) < 4.78 is 26.5. The van der Waals surface area contributed by atoms with Crippen LogP contribution in [0.3, 0.4) is 0 Å². The monoisotopic (exact) mass is 457 g/mol. The molecule has 0 unspecified atom stereocenters. The number of amides is 1. The molecule has 0 saturated carbocycles. The smallest absolute Gasteiger partial charge is 0.244 e. The van der Waals surface area contributed by atoms with Crippen molar-refractivity contribution in [1.82, 2.24) is 10.2 Å². The van der Waals surface area contributed by atoms with Crippen molar-refractivity contribution in [3.63, 3.8) is 0 Å². The van der Waals surface area contributed by atoms with Crippen molar-refractivity contribution in [1.29, 1.82) is 0 Å². The van der Waals surface area contributed by atoms with Crippen LogP contribution in [-0.2, 0) is 27.9 Å². The first-order valence-electron chi connectivity index (χ1n) is 11.3. The number of hydrogen-bond acceptors (Lipinski definition) is 4. The van der Waals surface area contributed by atoms with Gasteiger partial charge in [0.25, 0.3) is 0 Å². The maximum atomic E-state index is 13.0. The van der Waals surface area contributed by atoms with Crippen LogP contribution in [0.1, 0.15) is 48.4 Å².